The number of piperazine rings is 2. The van der Waals surface area contributed by atoms with E-state index >= 15 is 0 Å². The molecule has 0 spiro atoms. The highest BCUT2D eigenvalue weighted by atomic mass is 32.2. The Morgan fingerprint density at radius 3 is 2.33 bits per heavy atom. The maximum absolute atomic E-state index is 12.8. The number of benzene rings is 1. The van der Waals surface area contributed by atoms with Gasteiger partial charge in [-0.2, -0.15) is 9.29 Å². The number of rotatable bonds is 8. The quantitative estimate of drug-likeness (QED) is 0.397. The van der Waals surface area contributed by atoms with Crippen molar-refractivity contribution in [1.29, 1.82) is 0 Å². The lowest BCUT2D eigenvalue weighted by Gasteiger charge is -2.34. The molecule has 40 heavy (non-hydrogen) atoms. The number of nitrogens with zero attached hydrogens (tertiary/aromatic N) is 7. The third-order valence-electron chi connectivity index (χ3n) is 7.42. The van der Waals surface area contributed by atoms with Gasteiger partial charge in [-0.15, -0.1) is 0 Å². The first-order valence-electron chi connectivity index (χ1n) is 13.3. The first-order valence-corrected chi connectivity index (χ1v) is 15.1. The summed E-state index contributed by atoms with van der Waals surface area (Å²) in [7, 11) is -3.17. The van der Waals surface area contributed by atoms with Crippen LogP contribution in [0.3, 0.4) is 0 Å². The predicted molar refractivity (Wildman–Crippen MR) is 155 cm³/mol. The van der Waals surface area contributed by atoms with Crippen molar-refractivity contribution in [2.24, 2.45) is 0 Å². The number of nitrogens with one attached hydrogen (secondary N) is 1. The largest absolute Gasteiger partial charge is 0.369 e. The van der Waals surface area contributed by atoms with Crippen LogP contribution in [-0.2, 0) is 21.4 Å². The van der Waals surface area contributed by atoms with E-state index in [0.717, 1.165) is 29.9 Å². The first-order chi connectivity index (χ1) is 19.2. The van der Waals surface area contributed by atoms with Gasteiger partial charge in [0.2, 0.25) is 21.9 Å². The number of anilines is 3. The minimum atomic E-state index is -3.17. The topological polar surface area (TPSA) is 124 Å². The number of carbonyl (C=O) groups is 1. The molecule has 0 aliphatic carbocycles. The van der Waals surface area contributed by atoms with Crippen molar-refractivity contribution < 1.29 is 13.2 Å². The van der Waals surface area contributed by atoms with Crippen LogP contribution in [0.5, 0.6) is 0 Å². The second-order valence-electron chi connectivity index (χ2n) is 9.99. The first kappa shape index (κ1) is 27.7. The number of hydrogen-bond acceptors (Lipinski definition) is 9. The summed E-state index contributed by atoms with van der Waals surface area (Å²) in [6, 6.07) is 11.1. The van der Waals surface area contributed by atoms with E-state index in [-0.39, 0.29) is 11.5 Å². The second kappa shape index (κ2) is 11.7. The Bertz CT molecular complexity index is 1540. The van der Waals surface area contributed by atoms with Crippen LogP contribution in [0.1, 0.15) is 0 Å². The Labute approximate surface area is 233 Å². The smallest absolute Gasteiger partial charge is 0.252 e. The maximum atomic E-state index is 12.8. The molecular formula is C27H34N8O4S. The summed E-state index contributed by atoms with van der Waals surface area (Å²) in [4.78, 5) is 39.9. The molecule has 1 amide bonds. The number of fused-ring (bicyclic) bond motifs is 1. The maximum Gasteiger partial charge on any atom is 0.252 e. The van der Waals surface area contributed by atoms with Crippen molar-refractivity contribution in [1.82, 2.24) is 28.6 Å². The van der Waals surface area contributed by atoms with Crippen LogP contribution >= 0.6 is 0 Å². The van der Waals surface area contributed by atoms with Gasteiger partial charge < -0.3 is 15.1 Å². The summed E-state index contributed by atoms with van der Waals surface area (Å²) < 4.78 is 26.7. The monoisotopic (exact) mass is 566 g/mol. The van der Waals surface area contributed by atoms with Gasteiger partial charge in [-0.05, 0) is 36.4 Å². The fourth-order valence-electron chi connectivity index (χ4n) is 5.07. The molecule has 13 heteroatoms. The molecule has 2 aliphatic heterocycles. The minimum absolute atomic E-state index is 0.0521. The van der Waals surface area contributed by atoms with Crippen LogP contribution in [0.25, 0.3) is 11.0 Å². The molecule has 12 nitrogen and oxygen atoms in total. The zero-order valence-electron chi connectivity index (χ0n) is 22.6. The number of hydrogen-bond donors (Lipinski definition) is 1. The third-order valence-corrected chi connectivity index (χ3v) is 8.72. The van der Waals surface area contributed by atoms with Gasteiger partial charge in [-0.1, -0.05) is 6.58 Å². The minimum Gasteiger partial charge on any atom is -0.369 e. The van der Waals surface area contributed by atoms with Crippen LogP contribution < -0.4 is 15.8 Å². The number of sulfonamides is 1. The predicted octanol–water partition coefficient (Wildman–Crippen LogP) is 0.947. The van der Waals surface area contributed by atoms with Crippen molar-refractivity contribution in [2.45, 2.75) is 6.54 Å². The number of aromatic nitrogens is 3. The van der Waals surface area contributed by atoms with Crippen LogP contribution in [0, 0.1) is 0 Å². The van der Waals surface area contributed by atoms with Crippen molar-refractivity contribution in [2.75, 3.05) is 75.4 Å². The standard InChI is InChI=1S/C27H34N8O4S/c1-3-24(36)33-13-10-31(11-14-33)12-19-35-25(37)9-4-21-20-28-27(30-26(21)35)29-22-5-7-23(8-6-22)32-15-17-34(18-16-32)40(2,38)39/h3-9,20H,1,10-19H2,2H3,(H,28,29,30). The Balaban J connectivity index is 1.24. The molecule has 2 aromatic heterocycles. The molecule has 1 aromatic carbocycles. The van der Waals surface area contributed by atoms with Crippen molar-refractivity contribution in [3.05, 3.63) is 65.6 Å². The van der Waals surface area contributed by atoms with Gasteiger partial charge in [0.1, 0.15) is 5.65 Å². The average Bonchev–Trinajstić information content (AvgIpc) is 2.96. The highest BCUT2D eigenvalue weighted by molar-refractivity contribution is 7.88. The number of amides is 1. The molecule has 1 N–H and O–H groups in total. The van der Waals surface area contributed by atoms with Gasteiger partial charge in [0, 0.05) is 94.5 Å². The van der Waals surface area contributed by atoms with Gasteiger partial charge >= 0.3 is 0 Å². The molecule has 0 radical (unpaired) electrons. The van der Waals surface area contributed by atoms with Crippen molar-refractivity contribution in [3.8, 4) is 0 Å². The van der Waals surface area contributed by atoms with Crippen LogP contribution in [-0.4, -0.2) is 108 Å². The number of pyridine rings is 1. The van der Waals surface area contributed by atoms with E-state index in [4.69, 9.17) is 0 Å². The Kier molecular flexibility index (Phi) is 8.14. The Morgan fingerprint density at radius 1 is 0.975 bits per heavy atom. The lowest BCUT2D eigenvalue weighted by molar-refractivity contribution is -0.127. The second-order valence-corrected chi connectivity index (χ2v) is 12.0. The molecule has 2 saturated heterocycles. The summed E-state index contributed by atoms with van der Waals surface area (Å²) in [6.07, 6.45) is 4.29. The molecule has 0 atom stereocenters. The highest BCUT2D eigenvalue weighted by Gasteiger charge is 2.23. The SMILES string of the molecule is C=CC(=O)N1CCN(CCn2c(=O)ccc3cnc(Nc4ccc(N5CCN(S(C)(=O)=O)CC5)cc4)nc32)CC1. The normalized spacial score (nSPS) is 17.2. The summed E-state index contributed by atoms with van der Waals surface area (Å²) in [5, 5.41) is 4.00. The van der Waals surface area contributed by atoms with Gasteiger partial charge in [0.25, 0.3) is 5.56 Å². The van der Waals surface area contributed by atoms with Crippen LogP contribution in [0.15, 0.2) is 60.0 Å². The molecular weight excluding hydrogens is 532 g/mol. The summed E-state index contributed by atoms with van der Waals surface area (Å²) >= 11 is 0. The zero-order chi connectivity index (χ0) is 28.3. The molecule has 2 aliphatic rings. The van der Waals surface area contributed by atoms with E-state index in [1.807, 2.05) is 24.3 Å². The Morgan fingerprint density at radius 2 is 1.68 bits per heavy atom. The molecule has 0 bridgehead atoms. The van der Waals surface area contributed by atoms with E-state index in [9.17, 15) is 18.0 Å². The molecule has 4 heterocycles. The van der Waals surface area contributed by atoms with E-state index in [0.29, 0.717) is 64.0 Å². The van der Waals surface area contributed by atoms with Gasteiger partial charge in [0.15, 0.2) is 0 Å². The van der Waals surface area contributed by atoms with Crippen LogP contribution in [0.4, 0.5) is 17.3 Å². The average molecular weight is 567 g/mol. The summed E-state index contributed by atoms with van der Waals surface area (Å²) in [5.41, 5.74) is 2.25. The Hall–Kier alpha value is -3.81. The fourth-order valence-corrected chi connectivity index (χ4v) is 5.90. The lowest BCUT2D eigenvalue weighted by Crippen LogP contribution is -2.49. The summed E-state index contributed by atoms with van der Waals surface area (Å²) in [6.45, 7) is 9.66. The van der Waals surface area contributed by atoms with E-state index in [1.165, 1.54) is 22.7 Å². The molecule has 3 aromatic rings. The zero-order valence-corrected chi connectivity index (χ0v) is 23.4. The van der Waals surface area contributed by atoms with E-state index in [2.05, 4.69) is 31.7 Å². The molecule has 0 unspecified atom stereocenters. The van der Waals surface area contributed by atoms with Gasteiger partial charge in [-0.25, -0.2) is 13.4 Å². The van der Waals surface area contributed by atoms with Gasteiger partial charge in [-0.3, -0.25) is 19.1 Å². The highest BCUT2D eigenvalue weighted by Crippen LogP contribution is 2.22. The molecule has 5 rings (SSSR count). The lowest BCUT2D eigenvalue weighted by atomic mass is 10.2. The van der Waals surface area contributed by atoms with E-state index in [1.54, 1.807) is 21.7 Å². The fraction of sp³-hybridized carbons (Fsp3) is 0.407. The molecule has 212 valence electrons. The van der Waals surface area contributed by atoms with Crippen molar-refractivity contribution >= 4 is 44.3 Å². The van der Waals surface area contributed by atoms with Crippen molar-refractivity contribution in [3.63, 3.8) is 0 Å². The molecule has 0 saturated carbocycles. The summed E-state index contributed by atoms with van der Waals surface area (Å²) in [5.74, 6) is 0.335. The third kappa shape index (κ3) is 6.32. The number of carbonyl (C=O) groups excluding carboxylic acids is 1. The van der Waals surface area contributed by atoms with Crippen LogP contribution in [0.2, 0.25) is 0 Å². The molecule has 2 fully saturated rings. The van der Waals surface area contributed by atoms with E-state index < -0.39 is 10.0 Å². The van der Waals surface area contributed by atoms with Gasteiger partial charge in [0.05, 0.1) is 6.26 Å².